The maximum Gasteiger partial charge on any atom is 0.208 e. The molecule has 2 aliphatic rings. The summed E-state index contributed by atoms with van der Waals surface area (Å²) >= 11 is 0. The van der Waals surface area contributed by atoms with Crippen LogP contribution in [0.3, 0.4) is 0 Å². The van der Waals surface area contributed by atoms with Gasteiger partial charge in [-0.3, -0.25) is 4.90 Å². The van der Waals surface area contributed by atoms with Gasteiger partial charge in [0.2, 0.25) is 5.89 Å². The van der Waals surface area contributed by atoms with Gasteiger partial charge in [-0.25, -0.2) is 10.8 Å². The lowest BCUT2D eigenvalue weighted by Crippen LogP contribution is -2.46. The molecular weight excluding hydrogens is 392 g/mol. The molecule has 1 atom stereocenters. The monoisotopic (exact) mass is 426 g/mol. The second-order valence-electron chi connectivity index (χ2n) is 8.46. The number of ether oxygens (including phenoxy) is 1. The molecule has 0 amide bonds. The van der Waals surface area contributed by atoms with Gasteiger partial charge in [-0.2, -0.15) is 0 Å². The van der Waals surface area contributed by atoms with E-state index in [9.17, 15) is 0 Å². The fourth-order valence-electron chi connectivity index (χ4n) is 4.34. The molecule has 0 saturated carbocycles. The van der Waals surface area contributed by atoms with E-state index < -0.39 is 0 Å². The molecule has 1 aromatic carbocycles. The van der Waals surface area contributed by atoms with E-state index in [1.165, 1.54) is 12.1 Å². The van der Waals surface area contributed by atoms with Crippen molar-refractivity contribution in [3.63, 3.8) is 0 Å². The molecule has 1 aromatic heterocycles. The van der Waals surface area contributed by atoms with Crippen LogP contribution in [0.2, 0.25) is 0 Å². The van der Waals surface area contributed by atoms with Crippen LogP contribution in [0.1, 0.15) is 36.3 Å². The Morgan fingerprint density at radius 3 is 2.77 bits per heavy atom. The molecule has 3 heterocycles. The van der Waals surface area contributed by atoms with Crippen LogP contribution in [0, 0.1) is 6.92 Å². The Balaban J connectivity index is 1.33. The van der Waals surface area contributed by atoms with Crippen LogP contribution in [-0.2, 0) is 11.3 Å². The van der Waals surface area contributed by atoms with Gasteiger partial charge in [0.05, 0.1) is 31.1 Å². The molecule has 0 spiro atoms. The number of piperazine rings is 1. The van der Waals surface area contributed by atoms with E-state index in [0.717, 1.165) is 69.2 Å². The molecule has 2 aliphatic heterocycles. The van der Waals surface area contributed by atoms with Crippen molar-refractivity contribution >= 4 is 11.4 Å². The minimum atomic E-state index is 0.188. The molecule has 0 aliphatic carbocycles. The highest BCUT2D eigenvalue weighted by Gasteiger charge is 2.19. The van der Waals surface area contributed by atoms with Crippen molar-refractivity contribution in [3.8, 4) is 0 Å². The van der Waals surface area contributed by atoms with Crippen molar-refractivity contribution in [2.45, 2.75) is 38.8 Å². The van der Waals surface area contributed by atoms with Gasteiger partial charge in [0, 0.05) is 50.2 Å². The number of benzene rings is 1. The zero-order valence-electron chi connectivity index (χ0n) is 18.4. The van der Waals surface area contributed by atoms with Gasteiger partial charge in [0.15, 0.2) is 0 Å². The van der Waals surface area contributed by atoms with Crippen LogP contribution in [0.15, 0.2) is 41.3 Å². The minimum absolute atomic E-state index is 0.188. The Bertz CT molecular complexity index is 855. The molecule has 168 valence electrons. The summed E-state index contributed by atoms with van der Waals surface area (Å²) in [6.07, 6.45) is 8.73. The number of oxazole rings is 1. The third-order valence-electron chi connectivity index (χ3n) is 6.09. The summed E-state index contributed by atoms with van der Waals surface area (Å²) in [6, 6.07) is 6.46. The molecule has 31 heavy (non-hydrogen) atoms. The molecule has 1 unspecified atom stereocenters. The third-order valence-corrected chi connectivity index (χ3v) is 6.09. The van der Waals surface area contributed by atoms with Gasteiger partial charge in [0.25, 0.3) is 0 Å². The highest BCUT2D eigenvalue weighted by atomic mass is 16.5. The molecule has 8 nitrogen and oxygen atoms in total. The van der Waals surface area contributed by atoms with Crippen LogP contribution in [-0.4, -0.2) is 60.3 Å². The van der Waals surface area contributed by atoms with Crippen LogP contribution in [0.25, 0.3) is 5.70 Å². The van der Waals surface area contributed by atoms with Crippen LogP contribution >= 0.6 is 0 Å². The predicted molar refractivity (Wildman–Crippen MR) is 122 cm³/mol. The van der Waals surface area contributed by atoms with Crippen molar-refractivity contribution in [1.29, 1.82) is 0 Å². The lowest BCUT2D eigenvalue weighted by molar-refractivity contribution is 0.00166. The summed E-state index contributed by atoms with van der Waals surface area (Å²) in [5.41, 5.74) is 10.5. The first-order chi connectivity index (χ1) is 15.1. The molecule has 2 saturated heterocycles. The Labute approximate surface area is 184 Å². The van der Waals surface area contributed by atoms with E-state index in [4.69, 9.17) is 20.7 Å². The molecule has 8 heteroatoms. The standard InChI is InChI=1S/C23H34N6O2/c1-18-14-19(28-10-8-27(9-11-28)17-23-26-7-13-31-23)5-6-21(18)22(24)16-29(25)15-20-4-2-3-12-30-20/h5-7,13-14,16,20H,2-4,8-12,15,17,24-25H2,1H3/b22-16-. The van der Waals surface area contributed by atoms with E-state index in [-0.39, 0.29) is 6.10 Å². The first-order valence-electron chi connectivity index (χ1n) is 11.2. The quantitative estimate of drug-likeness (QED) is 0.514. The van der Waals surface area contributed by atoms with Crippen molar-refractivity contribution in [3.05, 3.63) is 53.9 Å². The van der Waals surface area contributed by atoms with E-state index in [1.54, 1.807) is 17.5 Å². The molecule has 4 N–H and O–H groups in total. The number of aryl methyl sites for hydroxylation is 1. The summed E-state index contributed by atoms with van der Waals surface area (Å²) < 4.78 is 11.1. The number of nitrogens with zero attached hydrogens (tertiary/aromatic N) is 4. The highest BCUT2D eigenvalue weighted by Crippen LogP contribution is 2.24. The summed E-state index contributed by atoms with van der Waals surface area (Å²) in [4.78, 5) is 9.01. The van der Waals surface area contributed by atoms with E-state index >= 15 is 0 Å². The third kappa shape index (κ3) is 5.78. The normalized spacial score (nSPS) is 20.8. The fourth-order valence-corrected chi connectivity index (χ4v) is 4.34. The maximum absolute atomic E-state index is 6.38. The zero-order chi connectivity index (χ0) is 21.6. The number of anilines is 1. The highest BCUT2D eigenvalue weighted by molar-refractivity contribution is 5.68. The number of hydrogen-bond donors (Lipinski definition) is 2. The largest absolute Gasteiger partial charge is 0.448 e. The number of hydrogen-bond acceptors (Lipinski definition) is 8. The van der Waals surface area contributed by atoms with Crippen molar-refractivity contribution in [1.82, 2.24) is 14.9 Å². The topological polar surface area (TPSA) is 97.0 Å². The van der Waals surface area contributed by atoms with E-state index in [1.807, 2.05) is 6.20 Å². The van der Waals surface area contributed by atoms with Crippen molar-refractivity contribution < 1.29 is 9.15 Å². The van der Waals surface area contributed by atoms with Crippen LogP contribution in [0.5, 0.6) is 0 Å². The summed E-state index contributed by atoms with van der Waals surface area (Å²) in [5.74, 6) is 6.95. The lowest BCUT2D eigenvalue weighted by Gasteiger charge is -2.35. The van der Waals surface area contributed by atoms with Crippen molar-refractivity contribution in [2.24, 2.45) is 11.6 Å². The Morgan fingerprint density at radius 2 is 2.10 bits per heavy atom. The van der Waals surface area contributed by atoms with Gasteiger partial charge >= 0.3 is 0 Å². The average Bonchev–Trinajstić information content (AvgIpc) is 3.28. The molecule has 4 rings (SSSR count). The van der Waals surface area contributed by atoms with Gasteiger partial charge < -0.3 is 24.8 Å². The van der Waals surface area contributed by atoms with Crippen molar-refractivity contribution in [2.75, 3.05) is 44.2 Å². The average molecular weight is 427 g/mol. The molecule has 0 bridgehead atoms. The van der Waals surface area contributed by atoms with Gasteiger partial charge in [-0.15, -0.1) is 0 Å². The lowest BCUT2D eigenvalue weighted by atomic mass is 10.0. The number of rotatable bonds is 7. The van der Waals surface area contributed by atoms with E-state index in [2.05, 4.69) is 39.9 Å². The summed E-state index contributed by atoms with van der Waals surface area (Å²) in [6.45, 7) is 8.27. The molecular formula is C23H34N6O2. The summed E-state index contributed by atoms with van der Waals surface area (Å²) in [7, 11) is 0. The Hall–Kier alpha value is -2.55. The molecule has 0 radical (unpaired) electrons. The smallest absolute Gasteiger partial charge is 0.208 e. The zero-order valence-corrected chi connectivity index (χ0v) is 18.4. The van der Waals surface area contributed by atoms with E-state index in [0.29, 0.717) is 12.2 Å². The number of nitrogens with two attached hydrogens (primary N) is 2. The number of hydrazine groups is 1. The Morgan fingerprint density at radius 1 is 1.26 bits per heavy atom. The second kappa shape index (κ2) is 10.2. The fraction of sp³-hybridized carbons (Fsp3) is 0.522. The number of aromatic nitrogens is 1. The van der Waals surface area contributed by atoms with Gasteiger partial charge in [-0.05, 0) is 43.9 Å². The summed E-state index contributed by atoms with van der Waals surface area (Å²) in [5, 5.41) is 1.66. The Kier molecular flexibility index (Phi) is 7.11. The molecule has 2 aromatic rings. The predicted octanol–water partition coefficient (Wildman–Crippen LogP) is 2.31. The second-order valence-corrected chi connectivity index (χ2v) is 8.46. The van der Waals surface area contributed by atoms with Gasteiger partial charge in [-0.1, -0.05) is 6.07 Å². The van der Waals surface area contributed by atoms with Gasteiger partial charge in [0.1, 0.15) is 6.26 Å². The van der Waals surface area contributed by atoms with Crippen LogP contribution < -0.4 is 16.5 Å². The first kappa shape index (κ1) is 21.7. The first-order valence-corrected chi connectivity index (χ1v) is 11.2. The molecule has 2 fully saturated rings. The maximum atomic E-state index is 6.38. The van der Waals surface area contributed by atoms with Crippen LogP contribution in [0.4, 0.5) is 5.69 Å². The minimum Gasteiger partial charge on any atom is -0.448 e. The SMILES string of the molecule is Cc1cc(N2CCN(Cc3ncco3)CC2)ccc1/C(N)=C/N(N)CC1CCCCO1.